The van der Waals surface area contributed by atoms with Crippen LogP contribution < -0.4 is 5.32 Å². The lowest BCUT2D eigenvalue weighted by Gasteiger charge is -2.46. The molecule has 152 valence electrons. The minimum atomic E-state index is -0.198. The normalized spacial score (nSPS) is 33.8. The van der Waals surface area contributed by atoms with Gasteiger partial charge in [-0.3, -0.25) is 9.59 Å². The Balaban J connectivity index is 1.37. The molecular formula is C24H34N2O2. The molecular weight excluding hydrogens is 348 g/mol. The molecule has 1 aliphatic heterocycles. The second-order valence-electron chi connectivity index (χ2n) is 10.7. The molecule has 2 atom stereocenters. The van der Waals surface area contributed by atoms with Gasteiger partial charge >= 0.3 is 0 Å². The summed E-state index contributed by atoms with van der Waals surface area (Å²) in [6.07, 6.45) is 3.25. The van der Waals surface area contributed by atoms with Crippen molar-refractivity contribution < 1.29 is 9.59 Å². The monoisotopic (exact) mass is 382 g/mol. The molecule has 1 saturated heterocycles. The molecule has 4 rings (SSSR count). The van der Waals surface area contributed by atoms with E-state index < -0.39 is 0 Å². The first-order chi connectivity index (χ1) is 13.1. The van der Waals surface area contributed by atoms with E-state index in [1.54, 1.807) is 0 Å². The maximum Gasteiger partial charge on any atom is 0.225 e. The number of hydrogen-bond donors (Lipinski definition) is 1. The highest BCUT2D eigenvalue weighted by Gasteiger charge is 2.62. The molecule has 2 aliphatic carbocycles. The maximum absolute atomic E-state index is 13.0. The van der Waals surface area contributed by atoms with Crippen molar-refractivity contribution in [2.75, 3.05) is 13.1 Å². The van der Waals surface area contributed by atoms with E-state index in [0.29, 0.717) is 18.2 Å². The first-order valence-corrected chi connectivity index (χ1v) is 10.8. The third-order valence-corrected chi connectivity index (χ3v) is 7.29. The summed E-state index contributed by atoms with van der Waals surface area (Å²) in [7, 11) is 0. The van der Waals surface area contributed by atoms with Gasteiger partial charge in [0.25, 0.3) is 0 Å². The molecule has 1 aromatic rings. The van der Waals surface area contributed by atoms with E-state index in [4.69, 9.17) is 0 Å². The smallest absolute Gasteiger partial charge is 0.225 e. The molecule has 1 aromatic carbocycles. The lowest BCUT2D eigenvalue weighted by atomic mass is 9.68. The first kappa shape index (κ1) is 19.5. The number of nitrogens with zero attached hydrogens (tertiary/aromatic N) is 1. The standard InChI is InChI=1S/C24H34N2O2/c1-6-20(27)25-23(5)11-16(12-23)21(28)26-14-19-13-24(19,15-26)18-9-7-17(8-10-18)22(2,3)4/h7-10,16,19H,6,11-15H2,1-5H3,(H,25,27)/t16-,19?,23+,24?. The Kier molecular flexibility index (Phi) is 4.40. The average Bonchev–Trinajstić information content (AvgIpc) is 3.19. The molecule has 2 unspecified atom stereocenters. The van der Waals surface area contributed by atoms with Gasteiger partial charge in [-0.15, -0.1) is 0 Å². The van der Waals surface area contributed by atoms with E-state index in [-0.39, 0.29) is 28.2 Å². The Bertz CT molecular complexity index is 786. The van der Waals surface area contributed by atoms with Crippen LogP contribution >= 0.6 is 0 Å². The van der Waals surface area contributed by atoms with E-state index in [0.717, 1.165) is 25.9 Å². The molecule has 4 heteroatoms. The molecule has 28 heavy (non-hydrogen) atoms. The van der Waals surface area contributed by atoms with E-state index in [9.17, 15) is 9.59 Å². The van der Waals surface area contributed by atoms with Crippen LogP contribution in [0.25, 0.3) is 0 Å². The van der Waals surface area contributed by atoms with Crippen LogP contribution in [0.15, 0.2) is 24.3 Å². The molecule has 0 spiro atoms. The van der Waals surface area contributed by atoms with Crippen molar-refractivity contribution in [2.45, 2.75) is 76.7 Å². The zero-order valence-corrected chi connectivity index (χ0v) is 18.0. The predicted molar refractivity (Wildman–Crippen MR) is 111 cm³/mol. The second-order valence-corrected chi connectivity index (χ2v) is 10.7. The zero-order valence-electron chi connectivity index (χ0n) is 18.0. The summed E-state index contributed by atoms with van der Waals surface area (Å²) in [5, 5.41) is 3.08. The number of fused-ring (bicyclic) bond motifs is 1. The lowest BCUT2D eigenvalue weighted by molar-refractivity contribution is -0.142. The number of benzene rings is 1. The maximum atomic E-state index is 13.0. The fourth-order valence-corrected chi connectivity index (χ4v) is 5.39. The van der Waals surface area contributed by atoms with Crippen LogP contribution in [0.1, 0.15) is 71.4 Å². The van der Waals surface area contributed by atoms with Gasteiger partial charge in [0.2, 0.25) is 11.8 Å². The number of amides is 2. The average molecular weight is 383 g/mol. The highest BCUT2D eigenvalue weighted by molar-refractivity contribution is 5.82. The number of rotatable bonds is 4. The van der Waals surface area contributed by atoms with Gasteiger partial charge in [-0.1, -0.05) is 52.0 Å². The van der Waals surface area contributed by atoms with Crippen LogP contribution in [0.3, 0.4) is 0 Å². The van der Waals surface area contributed by atoms with Gasteiger partial charge in [0, 0.05) is 36.4 Å². The Morgan fingerprint density at radius 1 is 1.14 bits per heavy atom. The van der Waals surface area contributed by atoms with Gasteiger partial charge in [-0.25, -0.2) is 0 Å². The summed E-state index contributed by atoms with van der Waals surface area (Å²) in [5.41, 5.74) is 2.92. The Morgan fingerprint density at radius 2 is 1.79 bits per heavy atom. The van der Waals surface area contributed by atoms with Crippen LogP contribution in [-0.4, -0.2) is 35.3 Å². The summed E-state index contributed by atoms with van der Waals surface area (Å²) in [6.45, 7) is 12.4. The van der Waals surface area contributed by atoms with E-state index in [2.05, 4.69) is 62.2 Å². The Morgan fingerprint density at radius 3 is 2.36 bits per heavy atom. The Labute approximate surface area is 169 Å². The van der Waals surface area contributed by atoms with Gasteiger partial charge in [0.15, 0.2) is 0 Å². The third-order valence-electron chi connectivity index (χ3n) is 7.29. The van der Waals surface area contributed by atoms with Crippen molar-refractivity contribution in [3.8, 4) is 0 Å². The minimum absolute atomic E-state index is 0.0694. The van der Waals surface area contributed by atoms with Gasteiger partial charge in [0.1, 0.15) is 0 Å². The van der Waals surface area contributed by atoms with Crippen molar-refractivity contribution in [3.05, 3.63) is 35.4 Å². The lowest BCUT2D eigenvalue weighted by Crippen LogP contribution is -2.58. The third kappa shape index (κ3) is 3.25. The predicted octanol–water partition coefficient (Wildman–Crippen LogP) is 3.78. The van der Waals surface area contributed by atoms with Crippen molar-refractivity contribution in [3.63, 3.8) is 0 Å². The van der Waals surface area contributed by atoms with Crippen molar-refractivity contribution in [1.29, 1.82) is 0 Å². The molecule has 0 radical (unpaired) electrons. The summed E-state index contributed by atoms with van der Waals surface area (Å²) >= 11 is 0. The number of carbonyl (C=O) groups is 2. The van der Waals surface area contributed by atoms with Crippen molar-refractivity contribution >= 4 is 11.8 Å². The second kappa shape index (κ2) is 6.33. The van der Waals surface area contributed by atoms with E-state index in [1.807, 2.05) is 6.92 Å². The van der Waals surface area contributed by atoms with Gasteiger partial charge in [0.05, 0.1) is 0 Å². The highest BCUT2D eigenvalue weighted by atomic mass is 16.2. The summed E-state index contributed by atoms with van der Waals surface area (Å²) in [4.78, 5) is 26.8. The molecule has 3 fully saturated rings. The SMILES string of the molecule is CCC(=O)N[C@]1(C)C[C@H](C(=O)N2CC3CC3(c3ccc(C(C)(C)C)cc3)C2)C1. The zero-order chi connectivity index (χ0) is 20.3. The molecule has 0 aromatic heterocycles. The minimum Gasteiger partial charge on any atom is -0.351 e. The fraction of sp³-hybridized carbons (Fsp3) is 0.667. The molecule has 2 amide bonds. The molecule has 1 N–H and O–H groups in total. The van der Waals surface area contributed by atoms with Crippen LogP contribution in [0.4, 0.5) is 0 Å². The molecule has 2 saturated carbocycles. The molecule has 4 nitrogen and oxygen atoms in total. The number of nitrogens with one attached hydrogen (secondary N) is 1. The Hall–Kier alpha value is -1.84. The fourth-order valence-electron chi connectivity index (χ4n) is 5.39. The largest absolute Gasteiger partial charge is 0.351 e. The van der Waals surface area contributed by atoms with Crippen LogP contribution in [0.2, 0.25) is 0 Å². The summed E-state index contributed by atoms with van der Waals surface area (Å²) in [6, 6.07) is 9.10. The highest BCUT2D eigenvalue weighted by Crippen LogP contribution is 2.59. The quantitative estimate of drug-likeness (QED) is 0.862. The van der Waals surface area contributed by atoms with Gasteiger partial charge in [-0.05, 0) is 48.6 Å². The first-order valence-electron chi connectivity index (χ1n) is 10.8. The van der Waals surface area contributed by atoms with Crippen LogP contribution in [0, 0.1) is 11.8 Å². The van der Waals surface area contributed by atoms with E-state index in [1.165, 1.54) is 17.5 Å². The van der Waals surface area contributed by atoms with Gasteiger partial charge < -0.3 is 10.2 Å². The number of hydrogen-bond acceptors (Lipinski definition) is 2. The topological polar surface area (TPSA) is 49.4 Å². The number of piperidine rings is 1. The number of carbonyl (C=O) groups excluding carboxylic acids is 2. The van der Waals surface area contributed by atoms with Crippen LogP contribution in [0.5, 0.6) is 0 Å². The van der Waals surface area contributed by atoms with Gasteiger partial charge in [-0.2, -0.15) is 0 Å². The van der Waals surface area contributed by atoms with E-state index >= 15 is 0 Å². The molecule has 0 bridgehead atoms. The summed E-state index contributed by atoms with van der Waals surface area (Å²) in [5.74, 6) is 1.05. The van der Waals surface area contributed by atoms with Crippen molar-refractivity contribution in [2.24, 2.45) is 11.8 Å². The molecule has 3 aliphatic rings. The van der Waals surface area contributed by atoms with Crippen molar-refractivity contribution in [1.82, 2.24) is 10.2 Å². The molecule has 1 heterocycles. The van der Waals surface area contributed by atoms with Crippen LogP contribution in [-0.2, 0) is 20.4 Å². The number of likely N-dealkylation sites (tertiary alicyclic amines) is 1. The summed E-state index contributed by atoms with van der Waals surface area (Å²) < 4.78 is 0.